The summed E-state index contributed by atoms with van der Waals surface area (Å²) in [4.78, 5) is 21.3. The van der Waals surface area contributed by atoms with E-state index in [-0.39, 0.29) is 77.6 Å². The predicted molar refractivity (Wildman–Crippen MR) is 453 cm³/mol. The van der Waals surface area contributed by atoms with Crippen molar-refractivity contribution in [2.75, 3.05) is 34.2 Å². The molecule has 0 aliphatic carbocycles. The minimum atomic E-state index is -2.66. The van der Waals surface area contributed by atoms with E-state index in [1.165, 1.54) is 89.4 Å². The van der Waals surface area contributed by atoms with Gasteiger partial charge in [-0.3, -0.25) is 4.79 Å². The van der Waals surface area contributed by atoms with Crippen molar-refractivity contribution in [2.45, 2.75) is 280 Å². The van der Waals surface area contributed by atoms with Crippen LogP contribution in [-0.2, 0) is 40.6 Å². The number of rotatable bonds is 35. The van der Waals surface area contributed by atoms with E-state index in [2.05, 4.69) is 271 Å². The third-order valence-corrected chi connectivity index (χ3v) is 33.0. The predicted octanol–water partition coefficient (Wildman–Crippen LogP) is 13.5. The quantitative estimate of drug-likeness (QED) is 0.0170. The van der Waals surface area contributed by atoms with E-state index in [1.54, 1.807) is 21.1 Å². The third-order valence-electron chi connectivity index (χ3n) is 17.6. The van der Waals surface area contributed by atoms with Crippen LogP contribution in [0.5, 0.6) is 0 Å². The molecule has 0 spiro atoms. The number of hydrogen-bond acceptors (Lipinski definition) is 11. The van der Waals surface area contributed by atoms with E-state index in [4.69, 9.17) is 31.3 Å². The summed E-state index contributed by atoms with van der Waals surface area (Å²) < 4.78 is 39.9. The Bertz CT molecular complexity index is 2660. The fourth-order valence-electron chi connectivity index (χ4n) is 12.4. The third kappa shape index (κ3) is 37.1. The molecule has 0 aromatic heterocycles. The van der Waals surface area contributed by atoms with Crippen LogP contribution in [0.4, 0.5) is 0 Å². The summed E-state index contributed by atoms with van der Waals surface area (Å²) in [6, 6.07) is 63.8. The molecule has 0 bridgehead atoms. The van der Waals surface area contributed by atoms with Gasteiger partial charge in [0.1, 0.15) is 29.7 Å². The van der Waals surface area contributed by atoms with Crippen LogP contribution in [-0.4, -0.2) is 139 Å². The SMILES string of the molecule is C.CC=O.CCCCCC.CCCCC[C@@H](O[Si](c1ccccc1)(c1ccccc1)C(C)(C)C)C(C)O.CCCCC[C@@H](O[Si](c1ccccc1)(c1ccccc1)C(C)(C)C)[C@H](C)O.CCCCC[C@H](O[Si](c1ccccc1)(c1ccccc1)C(C)(C)C)C(C)=O.COCCOC[O][AlH2].CO[SiH3].[H-].[Na+]. The summed E-state index contributed by atoms with van der Waals surface area (Å²) in [6.07, 6.45) is 17.4. The molecular weight excluding hydrogens is 1370 g/mol. The van der Waals surface area contributed by atoms with Gasteiger partial charge in [-0.1, -0.05) is 370 Å². The Morgan fingerprint density at radius 2 is 0.689 bits per heavy atom. The molecule has 11 nitrogen and oxygen atoms in total. The van der Waals surface area contributed by atoms with Crippen molar-refractivity contribution in [1.29, 1.82) is 0 Å². The van der Waals surface area contributed by atoms with Gasteiger partial charge in [0.2, 0.25) is 0 Å². The number of benzene rings is 6. The molecule has 0 amide bonds. The number of hydrogen-bond donors (Lipinski definition) is 2. The fraction of sp³-hybridized carbons (Fsp3) is 0.558. The first kappa shape index (κ1) is 104. The zero-order valence-corrected chi connectivity index (χ0v) is 77.3. The molecule has 103 heavy (non-hydrogen) atoms. The van der Waals surface area contributed by atoms with Crippen molar-refractivity contribution >= 4 is 95.3 Å². The Morgan fingerprint density at radius 1 is 0.466 bits per heavy atom. The number of carbonyl (C=O) groups excluding carboxylic acids is 2. The number of methoxy groups -OCH3 is 1. The molecule has 17 heteroatoms. The van der Waals surface area contributed by atoms with Crippen molar-refractivity contribution in [1.82, 2.24) is 0 Å². The van der Waals surface area contributed by atoms with Crippen LogP contribution in [0, 0.1) is 0 Å². The molecule has 5 atom stereocenters. The zero-order valence-electron chi connectivity index (χ0n) is 69.3. The second-order valence-corrected chi connectivity index (χ2v) is 43.3. The monoisotopic (exact) mass is 1520 g/mol. The van der Waals surface area contributed by atoms with E-state index < -0.39 is 37.2 Å². The van der Waals surface area contributed by atoms with Gasteiger partial charge in [0.05, 0.1) is 37.6 Å². The minimum absolute atomic E-state index is 0. The summed E-state index contributed by atoms with van der Waals surface area (Å²) in [5.74, 6) is 0.138. The molecule has 0 saturated heterocycles. The summed E-state index contributed by atoms with van der Waals surface area (Å²) in [5.41, 5.74) is 0. The smallest absolute Gasteiger partial charge is 1.00 e. The number of carbonyl (C=O) groups is 2. The van der Waals surface area contributed by atoms with Gasteiger partial charge < -0.3 is 47.4 Å². The molecule has 6 aromatic carbocycles. The molecule has 0 aliphatic rings. The van der Waals surface area contributed by atoms with Gasteiger partial charge in [-0.25, -0.2) is 0 Å². The van der Waals surface area contributed by atoms with Crippen LogP contribution in [0.15, 0.2) is 182 Å². The summed E-state index contributed by atoms with van der Waals surface area (Å²) in [7, 11) is -3.65. The number of aliphatic hydroxyl groups excluding tert-OH is 2. The van der Waals surface area contributed by atoms with Crippen molar-refractivity contribution in [3.63, 3.8) is 0 Å². The van der Waals surface area contributed by atoms with Crippen molar-refractivity contribution < 1.29 is 81.8 Å². The zero-order chi connectivity index (χ0) is 76.2. The summed E-state index contributed by atoms with van der Waals surface area (Å²) in [5, 5.41) is 28.4. The maximum absolute atomic E-state index is 12.5. The molecule has 576 valence electrons. The Balaban J connectivity index is -0.000000627. The second kappa shape index (κ2) is 59.6. The summed E-state index contributed by atoms with van der Waals surface area (Å²) in [6.45, 7) is 40.1. The number of unbranched alkanes of at least 4 members (excludes halogenated alkanes) is 9. The topological polar surface area (TPSA) is 139 Å². The Morgan fingerprint density at radius 3 is 0.883 bits per heavy atom. The van der Waals surface area contributed by atoms with E-state index >= 15 is 0 Å². The van der Waals surface area contributed by atoms with Crippen LogP contribution < -0.4 is 60.7 Å². The van der Waals surface area contributed by atoms with E-state index in [9.17, 15) is 15.0 Å². The summed E-state index contributed by atoms with van der Waals surface area (Å²) >= 11 is 0.742. The van der Waals surface area contributed by atoms with Crippen molar-refractivity contribution in [3.05, 3.63) is 182 Å². The van der Waals surface area contributed by atoms with E-state index in [0.29, 0.717) is 20.0 Å². The molecule has 0 radical (unpaired) electrons. The van der Waals surface area contributed by atoms with Crippen LogP contribution in [0.2, 0.25) is 15.1 Å². The van der Waals surface area contributed by atoms with Gasteiger partial charge in [0.15, 0.2) is 5.78 Å². The number of Topliss-reactive ketones (excluding diaryl/α,β-unsaturated/α-hetero) is 1. The molecule has 6 aromatic rings. The number of aliphatic hydroxyl groups is 2. The molecular formula is C86H146AlNaO11Si4. The minimum Gasteiger partial charge on any atom is -1.00 e. The molecule has 0 fully saturated rings. The Labute approximate surface area is 668 Å². The van der Waals surface area contributed by atoms with Crippen molar-refractivity contribution in [2.24, 2.45) is 0 Å². The maximum Gasteiger partial charge on any atom is 1.00 e. The van der Waals surface area contributed by atoms with Gasteiger partial charge >= 0.3 is 46.2 Å². The molecule has 0 saturated carbocycles. The molecule has 1 unspecified atom stereocenters. The number of aldehydes is 1. The first-order valence-electron chi connectivity index (χ1n) is 37.7. The van der Waals surface area contributed by atoms with Crippen LogP contribution in [0.3, 0.4) is 0 Å². The van der Waals surface area contributed by atoms with Crippen molar-refractivity contribution in [3.8, 4) is 0 Å². The van der Waals surface area contributed by atoms with Gasteiger partial charge in [0.25, 0.3) is 25.0 Å². The van der Waals surface area contributed by atoms with Crippen LogP contribution >= 0.6 is 0 Å². The van der Waals surface area contributed by atoms with Gasteiger partial charge in [-0.15, -0.1) is 0 Å². The first-order valence-corrected chi connectivity index (χ1v) is 45.1. The number of ether oxygens (including phenoxy) is 2. The second-order valence-electron chi connectivity index (χ2n) is 29.1. The van der Waals surface area contributed by atoms with Crippen LogP contribution in [0.1, 0.15) is 236 Å². The standard InChI is InChI=1S/2C24H36O2Si.C24H34O2Si.C6H14.C4H9O3.C2H4O.CH6OSi.CH4.Al.Na.3H/c3*1-6-7-10-19-23(20(2)25)26-27(24(3,4)5,21-15-11-8-12-16-21)22-17-13-9-14-18-22;1-3-5-6-4-2;1-6-2-3-7-4-5;2*1-2-3;;;;;;/h2*8-9,11-18,20,23,25H,6-7,10,19H2,1-5H3;8-9,11-18,23H,6-7,10,19H2,1-5H3;3-6H2,1-2H3;2-4H2,1H3;2H,1H3;1,3H3;1H4;;;;;/q;;;;-1;;;;2*+1;;;-1/t20?,23-;20-,23+;23-;;;;;;;;;;/m100........../s1. The van der Waals surface area contributed by atoms with E-state index in [1.807, 2.05) is 26.0 Å². The largest absolute Gasteiger partial charge is 1.00 e. The Hall–Kier alpha value is -3.30. The Kier molecular flexibility index (Phi) is 60.1. The van der Waals surface area contributed by atoms with Gasteiger partial charge in [-0.2, -0.15) is 0 Å². The first-order chi connectivity index (χ1) is 48.1. The average molecular weight is 1520 g/mol. The maximum atomic E-state index is 12.5. The average Bonchev–Trinajstić information content (AvgIpc) is 0.761. The normalized spacial score (nSPS) is 12.8. The number of ketones is 1. The van der Waals surface area contributed by atoms with Gasteiger partial charge in [0, 0.05) is 14.2 Å². The van der Waals surface area contributed by atoms with Crippen LogP contribution in [0.25, 0.3) is 0 Å². The fourth-order valence-corrected chi connectivity index (χ4v) is 26.9. The molecule has 0 heterocycles. The molecule has 2 N–H and O–H groups in total. The molecule has 0 aliphatic heterocycles. The van der Waals surface area contributed by atoms with E-state index in [0.717, 1.165) is 84.8 Å². The van der Waals surface area contributed by atoms with Gasteiger partial charge in [-0.05, 0) is 93.2 Å². The molecule has 6 rings (SSSR count).